The van der Waals surface area contributed by atoms with Gasteiger partial charge in [0.05, 0.1) is 11.1 Å². The third-order valence-corrected chi connectivity index (χ3v) is 6.91. The lowest BCUT2D eigenvalue weighted by Crippen LogP contribution is -2.41. The molecule has 3 aliphatic rings. The fourth-order valence-corrected chi connectivity index (χ4v) is 4.81. The lowest BCUT2D eigenvalue weighted by atomic mass is 9.82. The summed E-state index contributed by atoms with van der Waals surface area (Å²) in [4.78, 5) is 14.6. The van der Waals surface area contributed by atoms with Gasteiger partial charge in [0.15, 0.2) is 0 Å². The van der Waals surface area contributed by atoms with Gasteiger partial charge in [-0.3, -0.25) is 4.90 Å². The summed E-state index contributed by atoms with van der Waals surface area (Å²) in [6, 6.07) is 5.99. The Morgan fingerprint density at radius 2 is 1.70 bits per heavy atom. The average Bonchev–Trinajstić information content (AvgIpc) is 3.24. The summed E-state index contributed by atoms with van der Waals surface area (Å²) >= 11 is 6.54. The van der Waals surface area contributed by atoms with Gasteiger partial charge >= 0.3 is 6.09 Å². The van der Waals surface area contributed by atoms with Crippen molar-refractivity contribution >= 4 is 17.7 Å². The molecule has 2 saturated carbocycles. The summed E-state index contributed by atoms with van der Waals surface area (Å²) in [6.07, 6.45) is 12.5. The fraction of sp³-hybridized carbons (Fsp3) is 0.708. The van der Waals surface area contributed by atoms with E-state index in [2.05, 4.69) is 11.0 Å². The number of ether oxygens (including phenoxy) is 1. The molecule has 1 aliphatic heterocycles. The van der Waals surface area contributed by atoms with Crippen LogP contribution < -0.4 is 4.74 Å². The van der Waals surface area contributed by atoms with Crippen molar-refractivity contribution in [2.24, 2.45) is 5.92 Å². The normalized spacial score (nSPS) is 23.8. The van der Waals surface area contributed by atoms with Crippen LogP contribution >= 0.6 is 11.6 Å². The molecule has 6 heteroatoms. The number of halogens is 1. The summed E-state index contributed by atoms with van der Waals surface area (Å²) in [7, 11) is 1.61. The molecule has 1 N–H and O–H groups in total. The molecule has 1 aromatic rings. The minimum Gasteiger partial charge on any atom is -0.489 e. The van der Waals surface area contributed by atoms with Crippen LogP contribution in [0.4, 0.5) is 4.79 Å². The number of rotatable bonds is 6. The fourth-order valence-electron chi connectivity index (χ4n) is 4.58. The van der Waals surface area contributed by atoms with Crippen LogP contribution in [0.25, 0.3) is 0 Å². The number of carboxylic acid groups (broad SMARTS) is 1. The molecule has 0 spiro atoms. The Morgan fingerprint density at radius 3 is 2.27 bits per heavy atom. The largest absolute Gasteiger partial charge is 0.489 e. The third kappa shape index (κ3) is 7.05. The van der Waals surface area contributed by atoms with Crippen molar-refractivity contribution in [3.63, 3.8) is 0 Å². The van der Waals surface area contributed by atoms with Crippen molar-refractivity contribution in [1.82, 2.24) is 9.80 Å². The van der Waals surface area contributed by atoms with E-state index in [9.17, 15) is 4.79 Å². The minimum absolute atomic E-state index is 0.136. The van der Waals surface area contributed by atoms with Gasteiger partial charge < -0.3 is 14.7 Å². The Balaban J connectivity index is 0.000000367. The van der Waals surface area contributed by atoms with Crippen molar-refractivity contribution in [2.45, 2.75) is 76.9 Å². The zero-order valence-corrected chi connectivity index (χ0v) is 19.1. The molecule has 1 saturated heterocycles. The van der Waals surface area contributed by atoms with Gasteiger partial charge in [0, 0.05) is 20.1 Å². The topological polar surface area (TPSA) is 53.0 Å². The molecule has 1 amide bonds. The molecule has 0 radical (unpaired) electrons. The van der Waals surface area contributed by atoms with E-state index in [-0.39, 0.29) is 6.10 Å². The van der Waals surface area contributed by atoms with Gasteiger partial charge in [0.1, 0.15) is 5.75 Å². The van der Waals surface area contributed by atoms with Gasteiger partial charge in [0.2, 0.25) is 0 Å². The Kier molecular flexibility index (Phi) is 9.13. The lowest BCUT2D eigenvalue weighted by molar-refractivity contribution is 0.0474. The first-order valence-electron chi connectivity index (χ1n) is 11.6. The van der Waals surface area contributed by atoms with E-state index in [1.54, 1.807) is 7.05 Å². The van der Waals surface area contributed by atoms with Gasteiger partial charge in [0.25, 0.3) is 0 Å². The van der Waals surface area contributed by atoms with E-state index in [4.69, 9.17) is 21.4 Å². The number of hydrogen-bond donors (Lipinski definition) is 1. The van der Waals surface area contributed by atoms with Crippen LogP contribution in [0.15, 0.2) is 18.2 Å². The number of nitrogens with zero attached hydrogens (tertiary/aromatic N) is 2. The van der Waals surface area contributed by atoms with Gasteiger partial charge in [-0.05, 0) is 56.3 Å². The molecular weight excluding hydrogens is 400 g/mol. The average molecular weight is 437 g/mol. The molecule has 0 bridgehead atoms. The van der Waals surface area contributed by atoms with Crippen LogP contribution in [0, 0.1) is 5.92 Å². The van der Waals surface area contributed by atoms with E-state index >= 15 is 0 Å². The Morgan fingerprint density at radius 1 is 1.10 bits per heavy atom. The Bertz CT molecular complexity index is 657. The van der Waals surface area contributed by atoms with E-state index < -0.39 is 6.09 Å². The molecule has 3 fully saturated rings. The minimum atomic E-state index is -0.878. The molecule has 0 aromatic heterocycles. The molecule has 168 valence electrons. The van der Waals surface area contributed by atoms with E-state index in [1.807, 2.05) is 12.1 Å². The van der Waals surface area contributed by atoms with E-state index in [0.717, 1.165) is 48.8 Å². The number of carbonyl (C=O) groups is 1. The molecule has 1 aromatic carbocycles. The van der Waals surface area contributed by atoms with Crippen LogP contribution in [0.5, 0.6) is 5.75 Å². The summed E-state index contributed by atoms with van der Waals surface area (Å²) in [5.41, 5.74) is 1.12. The molecule has 1 heterocycles. The standard InChI is InChI=1S/C18H25ClN2O3.C6H12/c1-20(18(22)23)11-13-9-15(10-13)24-16-6-4-5-14(17(16)19)12-21-7-2-3-8-21;1-2-4-6-5-3-1/h4-6,13,15H,2-3,7-12H2,1H3,(H,22,23);1-6H2. The summed E-state index contributed by atoms with van der Waals surface area (Å²) in [5, 5.41) is 9.63. The highest BCUT2D eigenvalue weighted by Gasteiger charge is 2.33. The van der Waals surface area contributed by atoms with Crippen molar-refractivity contribution in [2.75, 3.05) is 26.7 Å². The molecule has 4 rings (SSSR count). The van der Waals surface area contributed by atoms with Gasteiger partial charge in [-0.15, -0.1) is 0 Å². The summed E-state index contributed by atoms with van der Waals surface area (Å²) in [6.45, 7) is 3.73. The third-order valence-electron chi connectivity index (χ3n) is 6.48. The molecule has 5 nitrogen and oxygen atoms in total. The predicted molar refractivity (Wildman–Crippen MR) is 121 cm³/mol. The maximum atomic E-state index is 10.8. The smallest absolute Gasteiger partial charge is 0.407 e. The number of hydrogen-bond acceptors (Lipinski definition) is 3. The van der Waals surface area contributed by atoms with E-state index in [1.165, 1.54) is 56.3 Å². The van der Waals surface area contributed by atoms with Crippen molar-refractivity contribution in [3.8, 4) is 5.75 Å². The first kappa shape index (κ1) is 23.2. The monoisotopic (exact) mass is 436 g/mol. The van der Waals surface area contributed by atoms with Crippen molar-refractivity contribution in [1.29, 1.82) is 0 Å². The maximum Gasteiger partial charge on any atom is 0.407 e. The number of likely N-dealkylation sites (tertiary alicyclic amines) is 1. The zero-order chi connectivity index (χ0) is 21.3. The predicted octanol–water partition coefficient (Wildman–Crippen LogP) is 6.04. The second-order valence-corrected chi connectivity index (χ2v) is 9.45. The second-order valence-electron chi connectivity index (χ2n) is 9.07. The summed E-state index contributed by atoms with van der Waals surface area (Å²) in [5.74, 6) is 1.13. The molecule has 0 atom stereocenters. The highest BCUT2D eigenvalue weighted by Crippen LogP contribution is 2.36. The Labute approximate surface area is 186 Å². The summed E-state index contributed by atoms with van der Waals surface area (Å²) < 4.78 is 6.04. The van der Waals surface area contributed by atoms with Gasteiger partial charge in [-0.1, -0.05) is 62.3 Å². The van der Waals surface area contributed by atoms with Crippen LogP contribution in [0.3, 0.4) is 0 Å². The van der Waals surface area contributed by atoms with Crippen molar-refractivity contribution in [3.05, 3.63) is 28.8 Å². The first-order valence-corrected chi connectivity index (χ1v) is 12.0. The number of benzene rings is 1. The second kappa shape index (κ2) is 11.8. The quantitative estimate of drug-likeness (QED) is 0.590. The maximum absolute atomic E-state index is 10.8. The molecule has 2 aliphatic carbocycles. The van der Waals surface area contributed by atoms with Crippen LogP contribution in [0.2, 0.25) is 5.02 Å². The lowest BCUT2D eigenvalue weighted by Gasteiger charge is -2.37. The van der Waals surface area contributed by atoms with E-state index in [0.29, 0.717) is 12.5 Å². The Hall–Kier alpha value is -1.46. The highest BCUT2D eigenvalue weighted by atomic mass is 35.5. The van der Waals surface area contributed by atoms with Crippen LogP contribution in [0.1, 0.15) is 69.8 Å². The van der Waals surface area contributed by atoms with Crippen LogP contribution in [-0.2, 0) is 6.54 Å². The first-order chi connectivity index (χ1) is 14.5. The number of amides is 1. The highest BCUT2D eigenvalue weighted by molar-refractivity contribution is 6.32. The van der Waals surface area contributed by atoms with Gasteiger partial charge in [-0.2, -0.15) is 0 Å². The van der Waals surface area contributed by atoms with Crippen LogP contribution in [-0.4, -0.2) is 53.8 Å². The zero-order valence-electron chi connectivity index (χ0n) is 18.3. The van der Waals surface area contributed by atoms with Gasteiger partial charge in [-0.25, -0.2) is 4.79 Å². The molecular formula is C24H37ClN2O3. The molecule has 0 unspecified atom stereocenters. The van der Waals surface area contributed by atoms with Crippen molar-refractivity contribution < 1.29 is 14.6 Å². The SMILES string of the molecule is C1CCCCC1.CN(CC1CC(Oc2cccc(CN3CCCC3)c2Cl)C1)C(=O)O. The molecule has 30 heavy (non-hydrogen) atoms.